The predicted octanol–water partition coefficient (Wildman–Crippen LogP) is 2.69. The van der Waals surface area contributed by atoms with Crippen molar-refractivity contribution in [1.82, 2.24) is 10.2 Å². The van der Waals surface area contributed by atoms with Crippen molar-refractivity contribution in [2.45, 2.75) is 83.1 Å². The molecule has 1 saturated carbocycles. The molecule has 2 saturated heterocycles. The Hall–Kier alpha value is -0.650. The molecular formula is C19H34N2O3. The summed E-state index contributed by atoms with van der Waals surface area (Å²) in [6.45, 7) is 5.08. The quantitative estimate of drug-likeness (QED) is 0.809. The van der Waals surface area contributed by atoms with Crippen molar-refractivity contribution in [1.29, 1.82) is 0 Å². The Morgan fingerprint density at radius 2 is 1.96 bits per heavy atom. The number of carbonyl (C=O) groups is 1. The summed E-state index contributed by atoms with van der Waals surface area (Å²) >= 11 is 0. The molecule has 138 valence electrons. The van der Waals surface area contributed by atoms with E-state index in [0.29, 0.717) is 6.54 Å². The molecule has 2 unspecified atom stereocenters. The Morgan fingerprint density at radius 3 is 2.62 bits per heavy atom. The third kappa shape index (κ3) is 5.17. The molecule has 3 fully saturated rings. The number of carbonyl (C=O) groups excluding carboxylic acids is 1. The summed E-state index contributed by atoms with van der Waals surface area (Å²) in [6, 6.07) is 0. The summed E-state index contributed by atoms with van der Waals surface area (Å²) in [5.41, 5.74) is 0. The van der Waals surface area contributed by atoms with Crippen LogP contribution in [0.5, 0.6) is 0 Å². The first-order valence-electron chi connectivity index (χ1n) is 9.98. The Balaban J connectivity index is 1.51. The number of ether oxygens (including phenoxy) is 2. The molecule has 3 aliphatic rings. The lowest BCUT2D eigenvalue weighted by Gasteiger charge is -2.37. The average molecular weight is 338 g/mol. The summed E-state index contributed by atoms with van der Waals surface area (Å²) in [4.78, 5) is 14.8. The standard InChI is InChI=1S/C19H34N2O3/c1-15-7-9-16(10-8-15)24-14-19(22)21(13-17-5-4-12-23-17)18-6-2-3-11-20-18/h15-18,20H,2-14H2,1H3. The highest BCUT2D eigenvalue weighted by atomic mass is 16.5. The number of amides is 1. The Kier molecular flexibility index (Phi) is 6.93. The zero-order chi connectivity index (χ0) is 16.8. The van der Waals surface area contributed by atoms with E-state index in [1.807, 2.05) is 4.90 Å². The van der Waals surface area contributed by atoms with Gasteiger partial charge in [-0.3, -0.25) is 10.1 Å². The van der Waals surface area contributed by atoms with Crippen LogP contribution >= 0.6 is 0 Å². The maximum Gasteiger partial charge on any atom is 0.249 e. The van der Waals surface area contributed by atoms with Gasteiger partial charge >= 0.3 is 0 Å². The SMILES string of the molecule is CC1CCC(OCC(=O)N(CC2CCCO2)C2CCCCN2)CC1. The fourth-order valence-electron chi connectivity index (χ4n) is 4.18. The molecule has 5 nitrogen and oxygen atoms in total. The second-order valence-electron chi connectivity index (χ2n) is 7.84. The molecule has 3 rings (SSSR count). The van der Waals surface area contributed by atoms with Gasteiger partial charge in [0.1, 0.15) is 6.61 Å². The van der Waals surface area contributed by atoms with Crippen LogP contribution < -0.4 is 5.32 Å². The van der Waals surface area contributed by atoms with Gasteiger partial charge in [-0.1, -0.05) is 6.92 Å². The minimum Gasteiger partial charge on any atom is -0.376 e. The second kappa shape index (κ2) is 9.16. The van der Waals surface area contributed by atoms with Gasteiger partial charge in [0.25, 0.3) is 0 Å². The number of hydrogen-bond donors (Lipinski definition) is 1. The third-order valence-electron chi connectivity index (χ3n) is 5.81. The van der Waals surface area contributed by atoms with Gasteiger partial charge in [-0.25, -0.2) is 0 Å². The first kappa shape index (κ1) is 18.2. The summed E-state index contributed by atoms with van der Waals surface area (Å²) in [5, 5.41) is 3.51. The van der Waals surface area contributed by atoms with Crippen molar-refractivity contribution < 1.29 is 14.3 Å². The van der Waals surface area contributed by atoms with E-state index in [-0.39, 0.29) is 30.9 Å². The van der Waals surface area contributed by atoms with Gasteiger partial charge in [0.2, 0.25) is 5.91 Å². The maximum absolute atomic E-state index is 12.8. The summed E-state index contributed by atoms with van der Waals surface area (Å²) in [6.07, 6.45) is 10.9. The smallest absolute Gasteiger partial charge is 0.249 e. The van der Waals surface area contributed by atoms with E-state index < -0.39 is 0 Å². The first-order valence-corrected chi connectivity index (χ1v) is 9.98. The van der Waals surface area contributed by atoms with E-state index in [1.165, 1.54) is 25.7 Å². The second-order valence-corrected chi connectivity index (χ2v) is 7.84. The van der Waals surface area contributed by atoms with Crippen molar-refractivity contribution in [2.75, 3.05) is 26.3 Å². The lowest BCUT2D eigenvalue weighted by Crippen LogP contribution is -2.54. The van der Waals surface area contributed by atoms with Crippen molar-refractivity contribution in [3.05, 3.63) is 0 Å². The van der Waals surface area contributed by atoms with Crippen LogP contribution in [0.15, 0.2) is 0 Å². The monoisotopic (exact) mass is 338 g/mol. The average Bonchev–Trinajstić information content (AvgIpc) is 3.13. The molecule has 1 N–H and O–H groups in total. The molecule has 0 aromatic heterocycles. The Morgan fingerprint density at radius 1 is 1.12 bits per heavy atom. The number of nitrogens with zero attached hydrogens (tertiary/aromatic N) is 1. The molecular weight excluding hydrogens is 304 g/mol. The van der Waals surface area contributed by atoms with Crippen LogP contribution in [0.1, 0.15) is 64.7 Å². The molecule has 1 aliphatic carbocycles. The topological polar surface area (TPSA) is 50.8 Å². The minimum atomic E-state index is 0.128. The van der Waals surface area contributed by atoms with E-state index in [0.717, 1.165) is 51.2 Å². The number of nitrogens with one attached hydrogen (secondary N) is 1. The van der Waals surface area contributed by atoms with Gasteiger partial charge < -0.3 is 14.4 Å². The number of rotatable bonds is 6. The zero-order valence-corrected chi connectivity index (χ0v) is 15.2. The fourth-order valence-corrected chi connectivity index (χ4v) is 4.18. The zero-order valence-electron chi connectivity index (χ0n) is 15.2. The summed E-state index contributed by atoms with van der Waals surface area (Å²) in [7, 11) is 0. The lowest BCUT2D eigenvalue weighted by molar-refractivity contribution is -0.144. The molecule has 5 heteroatoms. The molecule has 2 heterocycles. The molecule has 24 heavy (non-hydrogen) atoms. The maximum atomic E-state index is 12.8. The molecule has 1 amide bonds. The van der Waals surface area contributed by atoms with Crippen LogP contribution in [0.25, 0.3) is 0 Å². The molecule has 2 aliphatic heterocycles. The molecule has 0 aromatic rings. The van der Waals surface area contributed by atoms with Crippen LogP contribution in [-0.2, 0) is 14.3 Å². The lowest BCUT2D eigenvalue weighted by atomic mass is 9.89. The van der Waals surface area contributed by atoms with E-state index in [4.69, 9.17) is 9.47 Å². The van der Waals surface area contributed by atoms with Gasteiger partial charge in [-0.2, -0.15) is 0 Å². The highest BCUT2D eigenvalue weighted by Gasteiger charge is 2.30. The molecule has 0 bridgehead atoms. The Bertz CT molecular complexity index is 384. The Labute approximate surface area is 146 Å². The summed E-state index contributed by atoms with van der Waals surface area (Å²) < 4.78 is 11.7. The van der Waals surface area contributed by atoms with E-state index >= 15 is 0 Å². The van der Waals surface area contributed by atoms with Crippen LogP contribution in [0.2, 0.25) is 0 Å². The van der Waals surface area contributed by atoms with Gasteiger partial charge in [0.15, 0.2) is 0 Å². The number of piperidine rings is 1. The third-order valence-corrected chi connectivity index (χ3v) is 5.81. The highest BCUT2D eigenvalue weighted by molar-refractivity contribution is 5.77. The van der Waals surface area contributed by atoms with E-state index in [1.54, 1.807) is 0 Å². The number of hydrogen-bond acceptors (Lipinski definition) is 4. The minimum absolute atomic E-state index is 0.128. The molecule has 0 spiro atoms. The van der Waals surface area contributed by atoms with Crippen LogP contribution in [-0.4, -0.2) is 55.5 Å². The highest BCUT2D eigenvalue weighted by Crippen LogP contribution is 2.25. The normalized spacial score (nSPS) is 34.2. The van der Waals surface area contributed by atoms with Crippen molar-refractivity contribution in [3.8, 4) is 0 Å². The van der Waals surface area contributed by atoms with Crippen LogP contribution in [0.3, 0.4) is 0 Å². The van der Waals surface area contributed by atoms with E-state index in [9.17, 15) is 4.79 Å². The molecule has 0 radical (unpaired) electrons. The predicted molar refractivity (Wildman–Crippen MR) is 93.7 cm³/mol. The van der Waals surface area contributed by atoms with Crippen molar-refractivity contribution in [2.24, 2.45) is 5.92 Å². The first-order chi connectivity index (χ1) is 11.7. The molecule has 2 atom stereocenters. The van der Waals surface area contributed by atoms with Gasteiger partial charge in [-0.15, -0.1) is 0 Å². The van der Waals surface area contributed by atoms with Crippen molar-refractivity contribution >= 4 is 5.91 Å². The van der Waals surface area contributed by atoms with Gasteiger partial charge in [-0.05, 0) is 70.3 Å². The van der Waals surface area contributed by atoms with Crippen molar-refractivity contribution in [3.63, 3.8) is 0 Å². The molecule has 0 aromatic carbocycles. The van der Waals surface area contributed by atoms with Gasteiger partial charge in [0.05, 0.1) is 18.4 Å². The van der Waals surface area contributed by atoms with Gasteiger partial charge in [0, 0.05) is 13.2 Å². The van der Waals surface area contributed by atoms with Crippen LogP contribution in [0, 0.1) is 5.92 Å². The fraction of sp³-hybridized carbons (Fsp3) is 0.947. The van der Waals surface area contributed by atoms with Crippen LogP contribution in [0.4, 0.5) is 0 Å². The largest absolute Gasteiger partial charge is 0.376 e. The summed E-state index contributed by atoms with van der Waals surface area (Å²) in [5.74, 6) is 0.937. The van der Waals surface area contributed by atoms with E-state index in [2.05, 4.69) is 12.2 Å².